The van der Waals surface area contributed by atoms with Crippen LogP contribution in [0, 0.1) is 0 Å². The summed E-state index contributed by atoms with van der Waals surface area (Å²) in [5.74, 6) is 0. The Bertz CT molecular complexity index is 1110. The van der Waals surface area contributed by atoms with Gasteiger partial charge in [-0.1, -0.05) is 25.0 Å². The van der Waals surface area contributed by atoms with E-state index in [0.29, 0.717) is 42.4 Å². The molecule has 0 saturated carbocycles. The zero-order chi connectivity index (χ0) is 21.6. The average molecular weight is 461 g/mol. The van der Waals surface area contributed by atoms with Crippen LogP contribution in [0.3, 0.4) is 0 Å². The molecule has 3 aliphatic rings. The normalized spacial score (nSPS) is 20.4. The van der Waals surface area contributed by atoms with Gasteiger partial charge in [-0.05, 0) is 78.6 Å². The predicted octanol–water partition coefficient (Wildman–Crippen LogP) is 3.61. The summed E-state index contributed by atoms with van der Waals surface area (Å²) in [5.41, 5.74) is 3.88. The van der Waals surface area contributed by atoms with Crippen molar-refractivity contribution in [2.45, 2.75) is 54.7 Å². The molecule has 31 heavy (non-hydrogen) atoms. The number of sulfonamides is 2. The Hall–Kier alpha value is -1.74. The highest BCUT2D eigenvalue weighted by Crippen LogP contribution is 2.39. The number of benzene rings is 2. The van der Waals surface area contributed by atoms with Gasteiger partial charge in [0.25, 0.3) is 0 Å². The molecule has 0 bridgehead atoms. The minimum atomic E-state index is -3.49. The summed E-state index contributed by atoms with van der Waals surface area (Å²) >= 11 is 0. The maximum absolute atomic E-state index is 13.1. The Morgan fingerprint density at radius 3 is 1.32 bits per heavy atom. The molecule has 0 unspecified atom stereocenters. The van der Waals surface area contributed by atoms with Gasteiger partial charge >= 0.3 is 0 Å². The molecular weight excluding hydrogens is 432 g/mol. The fourth-order valence-corrected chi connectivity index (χ4v) is 8.13. The van der Waals surface area contributed by atoms with Crippen LogP contribution in [0.1, 0.15) is 49.7 Å². The Kier molecular flexibility index (Phi) is 5.45. The van der Waals surface area contributed by atoms with Crippen molar-refractivity contribution in [1.82, 2.24) is 8.61 Å². The number of piperidine rings is 2. The van der Waals surface area contributed by atoms with Crippen molar-refractivity contribution in [1.29, 1.82) is 0 Å². The average Bonchev–Trinajstić information content (AvgIpc) is 3.17. The molecule has 2 aliphatic heterocycles. The van der Waals surface area contributed by atoms with Crippen LogP contribution >= 0.6 is 0 Å². The van der Waals surface area contributed by atoms with Gasteiger partial charge in [-0.25, -0.2) is 16.8 Å². The Morgan fingerprint density at radius 1 is 0.548 bits per heavy atom. The summed E-state index contributed by atoms with van der Waals surface area (Å²) in [5, 5.41) is 0. The molecule has 0 N–H and O–H groups in total. The van der Waals surface area contributed by atoms with E-state index in [1.54, 1.807) is 32.9 Å². The van der Waals surface area contributed by atoms with Crippen molar-refractivity contribution in [2.75, 3.05) is 26.2 Å². The fourth-order valence-electron chi connectivity index (χ4n) is 4.99. The zero-order valence-electron chi connectivity index (χ0n) is 17.6. The van der Waals surface area contributed by atoms with Crippen LogP contribution in [-0.4, -0.2) is 51.6 Å². The Labute approximate surface area is 185 Å². The highest BCUT2D eigenvalue weighted by atomic mass is 32.2. The van der Waals surface area contributed by atoms with Gasteiger partial charge in [0.2, 0.25) is 20.0 Å². The molecule has 0 amide bonds. The van der Waals surface area contributed by atoms with E-state index in [9.17, 15) is 16.8 Å². The second kappa shape index (κ2) is 7.99. The lowest BCUT2D eigenvalue weighted by Crippen LogP contribution is -2.35. The summed E-state index contributed by atoms with van der Waals surface area (Å²) in [6.07, 6.45) is 6.33. The molecule has 166 valence electrons. The van der Waals surface area contributed by atoms with Gasteiger partial charge in [-0.15, -0.1) is 0 Å². The monoisotopic (exact) mass is 460 g/mol. The Balaban J connectivity index is 1.44. The second-order valence-electron chi connectivity index (χ2n) is 8.74. The quantitative estimate of drug-likeness (QED) is 0.596. The molecule has 0 aromatic heterocycles. The molecular formula is C23H28N2O4S2. The van der Waals surface area contributed by atoms with Crippen LogP contribution in [0.15, 0.2) is 46.2 Å². The molecule has 8 heteroatoms. The van der Waals surface area contributed by atoms with Crippen molar-refractivity contribution < 1.29 is 16.8 Å². The molecule has 0 atom stereocenters. The molecule has 6 nitrogen and oxygen atoms in total. The SMILES string of the molecule is O=S(=O)(c1ccc2c(c1)Cc1cc(S(=O)(=O)N3CCCCC3)ccc1-2)N1CCCCC1. The van der Waals surface area contributed by atoms with E-state index in [4.69, 9.17) is 0 Å². The van der Waals surface area contributed by atoms with Crippen LogP contribution in [0.4, 0.5) is 0 Å². The first-order chi connectivity index (χ1) is 14.9. The van der Waals surface area contributed by atoms with Crippen molar-refractivity contribution in [3.05, 3.63) is 47.5 Å². The van der Waals surface area contributed by atoms with E-state index in [2.05, 4.69) is 0 Å². The molecule has 5 rings (SSSR count). The molecule has 0 radical (unpaired) electrons. The van der Waals surface area contributed by atoms with Crippen molar-refractivity contribution in [3.63, 3.8) is 0 Å². The number of hydrogen-bond acceptors (Lipinski definition) is 4. The minimum absolute atomic E-state index is 0.335. The van der Waals surface area contributed by atoms with E-state index in [-0.39, 0.29) is 0 Å². The third kappa shape index (κ3) is 3.73. The van der Waals surface area contributed by atoms with Gasteiger partial charge in [0.15, 0.2) is 0 Å². The summed E-state index contributed by atoms with van der Waals surface area (Å²) in [6.45, 7) is 2.32. The van der Waals surface area contributed by atoms with Crippen LogP contribution in [0.25, 0.3) is 11.1 Å². The van der Waals surface area contributed by atoms with Gasteiger partial charge in [0.1, 0.15) is 0 Å². The lowest BCUT2D eigenvalue weighted by Gasteiger charge is -2.26. The maximum atomic E-state index is 13.1. The number of nitrogens with zero attached hydrogens (tertiary/aromatic N) is 2. The van der Waals surface area contributed by atoms with Gasteiger partial charge in [-0.2, -0.15) is 8.61 Å². The molecule has 2 fully saturated rings. The largest absolute Gasteiger partial charge is 0.243 e. The van der Waals surface area contributed by atoms with Crippen LogP contribution in [0.2, 0.25) is 0 Å². The summed E-state index contributed by atoms with van der Waals surface area (Å²) in [6, 6.07) is 10.7. The smallest absolute Gasteiger partial charge is 0.207 e. The summed E-state index contributed by atoms with van der Waals surface area (Å²) in [4.78, 5) is 0.671. The molecule has 1 aliphatic carbocycles. The number of hydrogen-bond donors (Lipinski definition) is 0. The van der Waals surface area contributed by atoms with Crippen LogP contribution in [0.5, 0.6) is 0 Å². The second-order valence-corrected chi connectivity index (χ2v) is 12.6. The van der Waals surface area contributed by atoms with Gasteiger partial charge in [0, 0.05) is 26.2 Å². The van der Waals surface area contributed by atoms with E-state index >= 15 is 0 Å². The zero-order valence-corrected chi connectivity index (χ0v) is 19.2. The van der Waals surface area contributed by atoms with Crippen molar-refractivity contribution in [3.8, 4) is 11.1 Å². The van der Waals surface area contributed by atoms with E-state index in [1.807, 2.05) is 12.1 Å². The Morgan fingerprint density at radius 2 is 0.935 bits per heavy atom. The van der Waals surface area contributed by atoms with Crippen molar-refractivity contribution in [2.24, 2.45) is 0 Å². The van der Waals surface area contributed by atoms with E-state index in [1.165, 1.54) is 0 Å². The lowest BCUT2D eigenvalue weighted by atomic mass is 10.1. The minimum Gasteiger partial charge on any atom is -0.207 e. The number of fused-ring (bicyclic) bond motifs is 3. The van der Waals surface area contributed by atoms with Gasteiger partial charge in [-0.3, -0.25) is 0 Å². The molecule has 2 aromatic carbocycles. The molecule has 2 saturated heterocycles. The lowest BCUT2D eigenvalue weighted by molar-refractivity contribution is 0.346. The molecule has 2 aromatic rings. The molecule has 2 heterocycles. The van der Waals surface area contributed by atoms with Gasteiger partial charge < -0.3 is 0 Å². The van der Waals surface area contributed by atoms with Crippen LogP contribution < -0.4 is 0 Å². The van der Waals surface area contributed by atoms with Crippen molar-refractivity contribution >= 4 is 20.0 Å². The van der Waals surface area contributed by atoms with Gasteiger partial charge in [0.05, 0.1) is 9.79 Å². The highest BCUT2D eigenvalue weighted by Gasteiger charge is 2.30. The van der Waals surface area contributed by atoms with E-state index < -0.39 is 20.0 Å². The maximum Gasteiger partial charge on any atom is 0.243 e. The number of rotatable bonds is 4. The van der Waals surface area contributed by atoms with E-state index in [0.717, 1.165) is 60.8 Å². The third-order valence-electron chi connectivity index (χ3n) is 6.73. The highest BCUT2D eigenvalue weighted by molar-refractivity contribution is 7.89. The summed E-state index contributed by atoms with van der Waals surface area (Å²) in [7, 11) is -6.97. The first kappa shape index (κ1) is 21.1. The first-order valence-electron chi connectivity index (χ1n) is 11.1. The molecule has 0 spiro atoms. The fraction of sp³-hybridized carbons (Fsp3) is 0.478. The standard InChI is InChI=1S/C23H28N2O4S2/c26-30(27,24-11-3-1-4-12-24)20-7-9-22-18(16-20)15-19-17-21(8-10-23(19)22)31(28,29)25-13-5-2-6-14-25/h7-10,16-17H,1-6,11-15H2. The first-order valence-corrected chi connectivity index (χ1v) is 14.0. The van der Waals surface area contributed by atoms with Crippen LogP contribution in [-0.2, 0) is 26.5 Å². The predicted molar refractivity (Wildman–Crippen MR) is 120 cm³/mol. The third-order valence-corrected chi connectivity index (χ3v) is 10.5. The summed E-state index contributed by atoms with van der Waals surface area (Å²) < 4.78 is 55.4. The topological polar surface area (TPSA) is 74.8 Å².